The SMILES string of the molecule is CCCOc1ccc(NS(=O)(=O)c2ccc(OC)cc2)cc1. The van der Waals surface area contributed by atoms with Gasteiger partial charge in [-0.1, -0.05) is 6.92 Å². The Morgan fingerprint density at radius 1 is 0.955 bits per heavy atom. The number of ether oxygens (including phenoxy) is 2. The minimum absolute atomic E-state index is 0.180. The molecule has 0 aliphatic carbocycles. The van der Waals surface area contributed by atoms with Crippen LogP contribution in [0.15, 0.2) is 53.4 Å². The summed E-state index contributed by atoms with van der Waals surface area (Å²) in [5.74, 6) is 1.32. The van der Waals surface area contributed by atoms with Crippen LogP contribution in [0.2, 0.25) is 0 Å². The number of methoxy groups -OCH3 is 1. The van der Waals surface area contributed by atoms with E-state index >= 15 is 0 Å². The predicted molar refractivity (Wildman–Crippen MR) is 86.0 cm³/mol. The van der Waals surface area contributed by atoms with Crippen molar-refractivity contribution in [3.05, 3.63) is 48.5 Å². The molecule has 0 aliphatic rings. The standard InChI is InChI=1S/C16H19NO4S/c1-3-12-21-15-6-4-13(5-7-15)17-22(18,19)16-10-8-14(20-2)9-11-16/h4-11,17H,3,12H2,1-2H3. The first kappa shape index (κ1) is 16.2. The zero-order chi connectivity index (χ0) is 16.0. The molecule has 6 heteroatoms. The molecule has 2 aromatic carbocycles. The molecule has 5 nitrogen and oxygen atoms in total. The number of nitrogens with one attached hydrogen (secondary N) is 1. The molecule has 1 N–H and O–H groups in total. The molecular formula is C16H19NO4S. The summed E-state index contributed by atoms with van der Waals surface area (Å²) >= 11 is 0. The molecule has 2 rings (SSSR count). The lowest BCUT2D eigenvalue weighted by Crippen LogP contribution is -2.12. The van der Waals surface area contributed by atoms with Crippen molar-refractivity contribution in [3.63, 3.8) is 0 Å². The van der Waals surface area contributed by atoms with Gasteiger partial charge < -0.3 is 9.47 Å². The van der Waals surface area contributed by atoms with Gasteiger partial charge in [-0.25, -0.2) is 8.42 Å². The molecule has 0 aliphatic heterocycles. The maximum Gasteiger partial charge on any atom is 0.261 e. The average Bonchev–Trinajstić information content (AvgIpc) is 2.54. The van der Waals surface area contributed by atoms with Crippen LogP contribution >= 0.6 is 0 Å². The number of rotatable bonds is 7. The maximum atomic E-state index is 12.3. The first-order valence-corrected chi connectivity index (χ1v) is 8.43. The minimum Gasteiger partial charge on any atom is -0.497 e. The number of benzene rings is 2. The average molecular weight is 321 g/mol. The normalized spacial score (nSPS) is 11.0. The van der Waals surface area contributed by atoms with Crippen molar-refractivity contribution >= 4 is 15.7 Å². The highest BCUT2D eigenvalue weighted by atomic mass is 32.2. The van der Waals surface area contributed by atoms with Gasteiger partial charge in [0.25, 0.3) is 10.0 Å². The van der Waals surface area contributed by atoms with E-state index in [1.807, 2.05) is 6.92 Å². The first-order valence-electron chi connectivity index (χ1n) is 6.95. The molecule has 0 heterocycles. The lowest BCUT2D eigenvalue weighted by molar-refractivity contribution is 0.317. The quantitative estimate of drug-likeness (QED) is 0.850. The number of hydrogen-bond acceptors (Lipinski definition) is 4. The van der Waals surface area contributed by atoms with Crippen LogP contribution in [0.4, 0.5) is 5.69 Å². The van der Waals surface area contributed by atoms with Crippen LogP contribution in [0.25, 0.3) is 0 Å². The van der Waals surface area contributed by atoms with E-state index in [4.69, 9.17) is 9.47 Å². The van der Waals surface area contributed by atoms with E-state index in [-0.39, 0.29) is 4.90 Å². The zero-order valence-corrected chi connectivity index (χ0v) is 13.4. The summed E-state index contributed by atoms with van der Waals surface area (Å²) in [7, 11) is -2.08. The largest absolute Gasteiger partial charge is 0.497 e. The fourth-order valence-electron chi connectivity index (χ4n) is 1.81. The summed E-state index contributed by atoms with van der Waals surface area (Å²) in [5.41, 5.74) is 0.486. The van der Waals surface area contributed by atoms with Gasteiger partial charge in [-0.3, -0.25) is 4.72 Å². The second-order valence-corrected chi connectivity index (χ2v) is 6.34. The Balaban J connectivity index is 2.10. The Hall–Kier alpha value is -2.21. The van der Waals surface area contributed by atoms with Crippen molar-refractivity contribution in [2.45, 2.75) is 18.2 Å². The Bertz CT molecular complexity index is 694. The van der Waals surface area contributed by atoms with Crippen molar-refractivity contribution in [3.8, 4) is 11.5 Å². The number of anilines is 1. The molecule has 0 unspecified atom stereocenters. The van der Waals surface area contributed by atoms with E-state index in [1.54, 1.807) is 36.4 Å². The molecule has 0 spiro atoms. The third-order valence-electron chi connectivity index (χ3n) is 2.95. The van der Waals surface area contributed by atoms with Crippen LogP contribution in [0.1, 0.15) is 13.3 Å². The molecule has 22 heavy (non-hydrogen) atoms. The molecule has 0 atom stereocenters. The lowest BCUT2D eigenvalue weighted by atomic mass is 10.3. The molecular weight excluding hydrogens is 302 g/mol. The highest BCUT2D eigenvalue weighted by Gasteiger charge is 2.14. The van der Waals surface area contributed by atoms with Crippen molar-refractivity contribution < 1.29 is 17.9 Å². The predicted octanol–water partition coefficient (Wildman–Crippen LogP) is 3.28. The van der Waals surface area contributed by atoms with Gasteiger partial charge in [-0.2, -0.15) is 0 Å². The Morgan fingerprint density at radius 3 is 2.09 bits per heavy atom. The van der Waals surface area contributed by atoms with Gasteiger partial charge >= 0.3 is 0 Å². The maximum absolute atomic E-state index is 12.3. The van der Waals surface area contributed by atoms with E-state index in [2.05, 4.69) is 4.72 Å². The van der Waals surface area contributed by atoms with Gasteiger partial charge in [-0.15, -0.1) is 0 Å². The molecule has 118 valence electrons. The molecule has 0 aromatic heterocycles. The van der Waals surface area contributed by atoms with E-state index in [0.717, 1.165) is 6.42 Å². The molecule has 0 saturated carbocycles. The summed E-state index contributed by atoms with van der Waals surface area (Å²) in [6.45, 7) is 2.66. The van der Waals surface area contributed by atoms with Crippen molar-refractivity contribution in [2.75, 3.05) is 18.4 Å². The number of sulfonamides is 1. The third kappa shape index (κ3) is 4.14. The van der Waals surface area contributed by atoms with Crippen LogP contribution in [0.5, 0.6) is 11.5 Å². The first-order chi connectivity index (χ1) is 10.5. The fourth-order valence-corrected chi connectivity index (χ4v) is 2.87. The molecule has 0 amide bonds. The molecule has 0 fully saturated rings. The van der Waals surface area contributed by atoms with Gasteiger partial charge in [0, 0.05) is 5.69 Å². The van der Waals surface area contributed by atoms with Gasteiger partial charge in [-0.05, 0) is 55.0 Å². The van der Waals surface area contributed by atoms with Gasteiger partial charge in [0.1, 0.15) is 11.5 Å². The molecule has 2 aromatic rings. The van der Waals surface area contributed by atoms with E-state index < -0.39 is 10.0 Å². The topological polar surface area (TPSA) is 64.6 Å². The van der Waals surface area contributed by atoms with Gasteiger partial charge in [0.05, 0.1) is 18.6 Å². The Labute approximate surface area is 130 Å². The Morgan fingerprint density at radius 2 is 1.55 bits per heavy atom. The van der Waals surface area contributed by atoms with Crippen LogP contribution in [0.3, 0.4) is 0 Å². The highest BCUT2D eigenvalue weighted by molar-refractivity contribution is 7.92. The van der Waals surface area contributed by atoms with Gasteiger partial charge in [0.15, 0.2) is 0 Å². The summed E-state index contributed by atoms with van der Waals surface area (Å²) in [6, 6.07) is 13.0. The van der Waals surface area contributed by atoms with E-state index in [0.29, 0.717) is 23.8 Å². The van der Waals surface area contributed by atoms with Crippen LogP contribution in [-0.2, 0) is 10.0 Å². The van der Waals surface area contributed by atoms with Crippen molar-refractivity contribution in [1.82, 2.24) is 0 Å². The molecule has 0 saturated heterocycles. The summed E-state index contributed by atoms with van der Waals surface area (Å²) in [6.07, 6.45) is 0.922. The second-order valence-electron chi connectivity index (χ2n) is 4.65. The number of hydrogen-bond donors (Lipinski definition) is 1. The van der Waals surface area contributed by atoms with Crippen LogP contribution < -0.4 is 14.2 Å². The Kier molecular flexibility index (Phi) is 5.27. The summed E-state index contributed by atoms with van der Waals surface area (Å²) < 4.78 is 37.6. The molecule has 0 radical (unpaired) electrons. The third-order valence-corrected chi connectivity index (χ3v) is 4.35. The lowest BCUT2D eigenvalue weighted by Gasteiger charge is -2.10. The van der Waals surface area contributed by atoms with Crippen LogP contribution in [-0.4, -0.2) is 22.1 Å². The van der Waals surface area contributed by atoms with E-state index in [9.17, 15) is 8.42 Å². The zero-order valence-electron chi connectivity index (χ0n) is 12.6. The summed E-state index contributed by atoms with van der Waals surface area (Å²) in [5, 5.41) is 0. The monoisotopic (exact) mass is 321 g/mol. The van der Waals surface area contributed by atoms with Gasteiger partial charge in [0.2, 0.25) is 0 Å². The smallest absolute Gasteiger partial charge is 0.261 e. The van der Waals surface area contributed by atoms with Crippen molar-refractivity contribution in [2.24, 2.45) is 0 Å². The minimum atomic E-state index is -3.61. The van der Waals surface area contributed by atoms with E-state index in [1.165, 1.54) is 19.2 Å². The highest BCUT2D eigenvalue weighted by Crippen LogP contribution is 2.21. The summed E-state index contributed by atoms with van der Waals surface area (Å²) in [4.78, 5) is 0.180. The molecule has 0 bridgehead atoms. The van der Waals surface area contributed by atoms with Crippen molar-refractivity contribution in [1.29, 1.82) is 0 Å². The van der Waals surface area contributed by atoms with Crippen LogP contribution in [0, 0.1) is 0 Å². The second kappa shape index (κ2) is 7.17. The fraction of sp³-hybridized carbons (Fsp3) is 0.250.